The molecule has 3 aliphatic rings. The minimum atomic E-state index is -4.63. The molecule has 2 amide bonds. The van der Waals surface area contributed by atoms with E-state index in [1.165, 1.54) is 34.7 Å². The minimum Gasteiger partial charge on any atom is -0.744 e. The van der Waals surface area contributed by atoms with Gasteiger partial charge in [-0.25, -0.2) is 13.2 Å². The van der Waals surface area contributed by atoms with Crippen LogP contribution in [0.5, 0.6) is 0 Å². The van der Waals surface area contributed by atoms with Crippen molar-refractivity contribution in [2.75, 3.05) is 18.5 Å². The SMILES string of the molecule is Cc1ccc2c(c1)C(C)(C)C(/C=C/C=C/C=C1\N(CCCCCC(=O)ON3C(=O)CCC3=O)c3ccc(S(=O)(=O)[O-])cc3C1(C)C)=[N+]2C. The number of hydrogen-bond donors (Lipinski definition) is 0. The van der Waals surface area contributed by atoms with Crippen LogP contribution in [-0.4, -0.2) is 59.7 Å². The van der Waals surface area contributed by atoms with Gasteiger partial charge in [0.05, 0.1) is 10.3 Å². The van der Waals surface area contributed by atoms with E-state index in [0.717, 1.165) is 16.9 Å². The number of hydrogen-bond acceptors (Lipinski definition) is 8. The molecule has 1 fully saturated rings. The quantitative estimate of drug-likeness (QED) is 0.0954. The van der Waals surface area contributed by atoms with Gasteiger partial charge in [0.2, 0.25) is 5.69 Å². The molecule has 0 N–H and O–H groups in total. The number of hydroxylamine groups is 2. The van der Waals surface area contributed by atoms with Gasteiger partial charge in [0.15, 0.2) is 5.71 Å². The molecule has 11 heteroatoms. The lowest BCUT2D eigenvalue weighted by atomic mass is 9.81. The molecule has 2 aromatic carbocycles. The molecular formula is C37H43N3O7S. The smallest absolute Gasteiger partial charge is 0.333 e. The lowest BCUT2D eigenvalue weighted by Crippen LogP contribution is -2.32. The summed E-state index contributed by atoms with van der Waals surface area (Å²) in [6.45, 7) is 11.2. The molecule has 3 aliphatic heterocycles. The number of nitrogens with zero attached hydrogens (tertiary/aromatic N) is 3. The Morgan fingerprint density at radius 2 is 1.65 bits per heavy atom. The Labute approximate surface area is 282 Å². The monoisotopic (exact) mass is 673 g/mol. The van der Waals surface area contributed by atoms with Crippen LogP contribution in [0.15, 0.2) is 77.4 Å². The van der Waals surface area contributed by atoms with Crippen LogP contribution in [0.2, 0.25) is 0 Å². The first-order chi connectivity index (χ1) is 22.5. The fourth-order valence-corrected chi connectivity index (χ4v) is 7.38. The van der Waals surface area contributed by atoms with Gasteiger partial charge in [0.25, 0.3) is 11.8 Å². The van der Waals surface area contributed by atoms with E-state index in [1.807, 2.05) is 38.2 Å². The molecule has 0 saturated carbocycles. The molecule has 0 radical (unpaired) electrons. The van der Waals surface area contributed by atoms with E-state index in [1.54, 1.807) is 6.07 Å². The van der Waals surface area contributed by atoms with Crippen molar-refractivity contribution in [2.24, 2.45) is 0 Å². The molecule has 2 aromatic rings. The Balaban J connectivity index is 1.30. The highest BCUT2D eigenvalue weighted by molar-refractivity contribution is 7.85. The van der Waals surface area contributed by atoms with Crippen molar-refractivity contribution in [1.29, 1.82) is 0 Å². The van der Waals surface area contributed by atoms with E-state index in [0.29, 0.717) is 30.9 Å². The molecule has 254 valence electrons. The summed E-state index contributed by atoms with van der Waals surface area (Å²) in [6.07, 6.45) is 12.2. The van der Waals surface area contributed by atoms with Gasteiger partial charge >= 0.3 is 5.97 Å². The Morgan fingerprint density at radius 1 is 0.938 bits per heavy atom. The van der Waals surface area contributed by atoms with Gasteiger partial charge in [0, 0.05) is 60.3 Å². The molecule has 5 rings (SSSR count). The summed E-state index contributed by atoms with van der Waals surface area (Å²) in [5.41, 5.74) is 6.69. The number of rotatable bonds is 11. The third-order valence-corrected chi connectivity index (χ3v) is 10.4. The molecule has 3 heterocycles. The van der Waals surface area contributed by atoms with Crippen molar-refractivity contribution in [3.63, 3.8) is 0 Å². The van der Waals surface area contributed by atoms with Crippen LogP contribution in [0.1, 0.15) is 82.9 Å². The lowest BCUT2D eigenvalue weighted by Gasteiger charge is -2.27. The maximum atomic E-state index is 12.2. The van der Waals surface area contributed by atoms with Crippen LogP contribution in [0, 0.1) is 6.92 Å². The van der Waals surface area contributed by atoms with Crippen LogP contribution >= 0.6 is 0 Å². The minimum absolute atomic E-state index is 0.0485. The number of amides is 2. The zero-order valence-corrected chi connectivity index (χ0v) is 29.2. The molecule has 0 spiro atoms. The Kier molecular flexibility index (Phi) is 9.67. The lowest BCUT2D eigenvalue weighted by molar-refractivity contribution is -0.401. The molecular weight excluding hydrogens is 630 g/mol. The third-order valence-electron chi connectivity index (χ3n) is 9.53. The highest BCUT2D eigenvalue weighted by atomic mass is 32.2. The summed E-state index contributed by atoms with van der Waals surface area (Å²) in [6, 6.07) is 11.0. The maximum Gasteiger partial charge on any atom is 0.333 e. The third kappa shape index (κ3) is 6.79. The van der Waals surface area contributed by atoms with E-state index < -0.39 is 33.3 Å². The van der Waals surface area contributed by atoms with Crippen molar-refractivity contribution in [1.82, 2.24) is 5.06 Å². The average Bonchev–Trinajstić information content (AvgIpc) is 3.51. The molecule has 0 bridgehead atoms. The number of carbonyl (C=O) groups is 3. The fourth-order valence-electron chi connectivity index (χ4n) is 6.88. The summed E-state index contributed by atoms with van der Waals surface area (Å²) in [7, 11) is -2.55. The van der Waals surface area contributed by atoms with Crippen molar-refractivity contribution < 1.29 is 36.8 Å². The predicted octanol–water partition coefficient (Wildman–Crippen LogP) is 5.87. The Hall–Kier alpha value is -4.35. The van der Waals surface area contributed by atoms with Gasteiger partial charge in [-0.05, 0) is 69.5 Å². The maximum absolute atomic E-state index is 12.2. The van der Waals surface area contributed by atoms with Crippen LogP contribution in [-0.2, 0) is 40.2 Å². The standard InChI is InChI=1S/C37H43N3O7S/c1-25-16-18-29-27(23-25)36(2,3)31(38(29)6)13-9-7-10-14-32-37(4,5)28-24-26(48(44,45)46)17-19-30(28)39(32)22-12-8-11-15-35(43)47-40-33(41)20-21-34(40)42/h7,9-10,13-14,16-19,23-24H,8,11-12,15,20-22H2,1-6H3. The first kappa shape index (κ1) is 35.0. The first-order valence-corrected chi connectivity index (χ1v) is 17.7. The Bertz CT molecular complexity index is 1880. The van der Waals surface area contributed by atoms with E-state index in [2.05, 4.69) is 61.6 Å². The highest BCUT2D eigenvalue weighted by Crippen LogP contribution is 2.48. The first-order valence-electron chi connectivity index (χ1n) is 16.3. The van der Waals surface area contributed by atoms with Gasteiger partial charge in [0.1, 0.15) is 17.2 Å². The van der Waals surface area contributed by atoms with Gasteiger partial charge in [-0.1, -0.05) is 50.1 Å². The van der Waals surface area contributed by atoms with Gasteiger partial charge < -0.3 is 14.3 Å². The van der Waals surface area contributed by atoms with Crippen molar-refractivity contribution >= 4 is 45.0 Å². The van der Waals surface area contributed by atoms with Gasteiger partial charge in [-0.3, -0.25) is 9.59 Å². The highest BCUT2D eigenvalue weighted by Gasteiger charge is 2.43. The molecule has 1 saturated heterocycles. The number of aryl methyl sites for hydroxylation is 1. The second-order valence-electron chi connectivity index (χ2n) is 13.7. The summed E-state index contributed by atoms with van der Waals surface area (Å²) in [5, 5.41) is 0.563. The number of imide groups is 1. The van der Waals surface area contributed by atoms with E-state index in [9.17, 15) is 27.4 Å². The van der Waals surface area contributed by atoms with Crippen LogP contribution in [0.4, 0.5) is 11.4 Å². The molecule has 0 atom stereocenters. The number of unbranched alkanes of at least 4 members (excludes halogenated alkanes) is 2. The number of anilines is 1. The Morgan fingerprint density at radius 3 is 2.33 bits per heavy atom. The second-order valence-corrected chi connectivity index (χ2v) is 15.0. The average molecular weight is 674 g/mol. The van der Waals surface area contributed by atoms with Crippen molar-refractivity contribution in [3.05, 3.63) is 89.2 Å². The van der Waals surface area contributed by atoms with E-state index in [-0.39, 0.29) is 29.6 Å². The predicted molar refractivity (Wildman–Crippen MR) is 182 cm³/mol. The summed E-state index contributed by atoms with van der Waals surface area (Å²) >= 11 is 0. The number of allylic oxidation sites excluding steroid dienone is 6. The van der Waals surface area contributed by atoms with E-state index >= 15 is 0 Å². The summed E-state index contributed by atoms with van der Waals surface area (Å²) in [4.78, 5) is 42.5. The van der Waals surface area contributed by atoms with Crippen molar-refractivity contribution in [2.45, 2.75) is 88.9 Å². The molecule has 0 aliphatic carbocycles. The number of carbonyl (C=O) groups excluding carboxylic acids is 3. The zero-order chi connectivity index (χ0) is 35.0. The fraction of sp³-hybridized carbons (Fsp3) is 0.405. The largest absolute Gasteiger partial charge is 0.744 e. The summed E-state index contributed by atoms with van der Waals surface area (Å²) < 4.78 is 37.9. The van der Waals surface area contributed by atoms with Gasteiger partial charge in [-0.15, -0.1) is 5.06 Å². The zero-order valence-electron chi connectivity index (χ0n) is 28.4. The van der Waals surface area contributed by atoms with E-state index in [4.69, 9.17) is 4.84 Å². The van der Waals surface area contributed by atoms with Crippen LogP contribution in [0.25, 0.3) is 0 Å². The number of benzene rings is 2. The molecule has 0 aromatic heterocycles. The van der Waals surface area contributed by atoms with Crippen LogP contribution in [0.3, 0.4) is 0 Å². The molecule has 0 unspecified atom stereocenters. The van der Waals surface area contributed by atoms with Crippen LogP contribution < -0.4 is 4.90 Å². The molecule has 48 heavy (non-hydrogen) atoms. The number of fused-ring (bicyclic) bond motifs is 2. The molecule has 10 nitrogen and oxygen atoms in total. The normalized spacial score (nSPS) is 19.4. The second kappa shape index (κ2) is 13.3. The topological polar surface area (TPSA) is 127 Å². The van der Waals surface area contributed by atoms with Crippen molar-refractivity contribution in [3.8, 4) is 0 Å². The summed E-state index contributed by atoms with van der Waals surface area (Å²) in [5.74, 6) is -1.63. The van der Waals surface area contributed by atoms with Gasteiger partial charge in [-0.2, -0.15) is 4.58 Å².